The van der Waals surface area contributed by atoms with E-state index in [1.807, 2.05) is 7.05 Å². The summed E-state index contributed by atoms with van der Waals surface area (Å²) >= 11 is 0. The van der Waals surface area contributed by atoms with E-state index in [1.165, 1.54) is 122 Å². The number of aliphatic hydroxyl groups excluding tert-OH is 1. The number of ether oxygens (including phenoxy) is 2. The maximum atomic E-state index is 12.3. The summed E-state index contributed by atoms with van der Waals surface area (Å²) in [4.78, 5) is 24.5. The van der Waals surface area contributed by atoms with Crippen LogP contribution >= 0.6 is 0 Å². The van der Waals surface area contributed by atoms with Gasteiger partial charge in [0.1, 0.15) is 32.8 Å². The zero-order chi connectivity index (χ0) is 41.1. The first-order valence-corrected chi connectivity index (χ1v) is 23.4. The van der Waals surface area contributed by atoms with Crippen molar-refractivity contribution in [2.24, 2.45) is 0 Å². The fourth-order valence-corrected chi connectivity index (χ4v) is 6.20. The van der Waals surface area contributed by atoms with Crippen molar-refractivity contribution in [2.45, 2.75) is 194 Å². The Balaban J connectivity index is 0. The van der Waals surface area contributed by atoms with Gasteiger partial charge in [-0.25, -0.2) is 8.42 Å². The molecule has 0 spiro atoms. The van der Waals surface area contributed by atoms with Crippen molar-refractivity contribution >= 4 is 22.3 Å². The Morgan fingerprint density at radius 2 is 0.891 bits per heavy atom. The normalized spacial score (nSPS) is 12.8. The predicted octanol–water partition coefficient (Wildman–Crippen LogP) is 10.7. The summed E-state index contributed by atoms with van der Waals surface area (Å²) in [6.07, 6.45) is 42.5. The van der Waals surface area contributed by atoms with Gasteiger partial charge in [-0.1, -0.05) is 160 Å². The molecule has 0 saturated carbocycles. The number of quaternary nitrogens is 1. The zero-order valence-corrected chi connectivity index (χ0v) is 36.7. The summed E-state index contributed by atoms with van der Waals surface area (Å²) in [5, 5.41) is 9.59. The van der Waals surface area contributed by atoms with Crippen LogP contribution in [-0.2, 0) is 33.6 Å². The third kappa shape index (κ3) is 46.5. The van der Waals surface area contributed by atoms with E-state index in [2.05, 4.69) is 42.3 Å². The molecule has 1 atom stereocenters. The van der Waals surface area contributed by atoms with Gasteiger partial charge >= 0.3 is 11.9 Å². The van der Waals surface area contributed by atoms with Crippen molar-refractivity contribution < 1.29 is 45.8 Å². The molecular formula is C44H85NO9S. The second kappa shape index (κ2) is 41.8. The minimum absolute atomic E-state index is 0.0451. The highest BCUT2D eigenvalue weighted by Gasteiger charge is 2.22. The zero-order valence-electron chi connectivity index (χ0n) is 35.9. The second-order valence-electron chi connectivity index (χ2n) is 15.2. The number of nitrogens with zero attached hydrogens (tertiary/aromatic N) is 1. The third-order valence-electron chi connectivity index (χ3n) is 9.95. The lowest BCUT2D eigenvalue weighted by molar-refractivity contribution is -0.910. The molecule has 0 aliphatic carbocycles. The van der Waals surface area contributed by atoms with Crippen LogP contribution in [0.4, 0.5) is 0 Å². The van der Waals surface area contributed by atoms with Crippen molar-refractivity contribution in [3.05, 3.63) is 24.3 Å². The molecule has 11 heteroatoms. The highest BCUT2D eigenvalue weighted by molar-refractivity contribution is 7.80. The van der Waals surface area contributed by atoms with E-state index in [1.54, 1.807) is 0 Å². The third-order valence-corrected chi connectivity index (χ3v) is 10.4. The Morgan fingerprint density at radius 1 is 0.564 bits per heavy atom. The monoisotopic (exact) mass is 804 g/mol. The van der Waals surface area contributed by atoms with Crippen LogP contribution in [0.25, 0.3) is 0 Å². The number of hydrogen-bond acceptors (Lipinski definition) is 9. The van der Waals surface area contributed by atoms with Gasteiger partial charge in [-0.15, -0.1) is 0 Å². The molecule has 10 nitrogen and oxygen atoms in total. The van der Waals surface area contributed by atoms with Gasteiger partial charge in [-0.3, -0.25) is 13.8 Å². The summed E-state index contributed by atoms with van der Waals surface area (Å²) in [5.74, 6) is -0.273. The van der Waals surface area contributed by atoms with Gasteiger partial charge in [0.2, 0.25) is 10.4 Å². The molecule has 0 rings (SSSR count). The van der Waals surface area contributed by atoms with Crippen molar-refractivity contribution in [3.8, 4) is 0 Å². The highest BCUT2D eigenvalue weighted by atomic mass is 32.3. The van der Waals surface area contributed by atoms with Crippen LogP contribution < -0.4 is 0 Å². The Hall–Kier alpha value is -1.79. The van der Waals surface area contributed by atoms with E-state index in [9.17, 15) is 27.7 Å². The van der Waals surface area contributed by atoms with Crippen LogP contribution in [0, 0.1) is 0 Å². The molecule has 0 aliphatic rings. The molecule has 1 N–H and O–H groups in total. The molecule has 0 saturated heterocycles. The summed E-state index contributed by atoms with van der Waals surface area (Å²) in [5.41, 5.74) is 0. The number of carbonyl (C=O) groups is 2. The van der Waals surface area contributed by atoms with Gasteiger partial charge in [0, 0.05) is 12.8 Å². The maximum absolute atomic E-state index is 12.3. The average molecular weight is 804 g/mol. The number of allylic oxidation sites excluding steroid dienone is 4. The first-order valence-electron chi connectivity index (χ1n) is 22.1. The number of esters is 2. The molecule has 0 radical (unpaired) electrons. The van der Waals surface area contributed by atoms with Gasteiger partial charge in [-0.05, 0) is 44.9 Å². The van der Waals surface area contributed by atoms with E-state index in [0.717, 1.165) is 52.1 Å². The van der Waals surface area contributed by atoms with Crippen LogP contribution in [-0.4, -0.2) is 88.1 Å². The van der Waals surface area contributed by atoms with Gasteiger partial charge < -0.3 is 23.6 Å². The molecule has 0 fully saturated rings. The maximum Gasteiger partial charge on any atom is 0.305 e. The lowest BCUT2D eigenvalue weighted by atomic mass is 10.0. The van der Waals surface area contributed by atoms with Crippen molar-refractivity contribution in [1.82, 2.24) is 0 Å². The standard InChI is InChI=1S/C43H82NO5.CH4O4S/c1-4-6-8-10-12-14-16-18-20-22-24-26-28-30-32-34-42(46)48-40-37-44(3,36-39-45)38-41-49-43(47)35-33-31-29-27-25-23-21-19-17-15-13-11-9-7-5-2;1-5-6(2,3)4/h12,14,18,20,45H,4-11,13,15-17,19,21-41H2,1-3H3;1H3,(H,2,3,4)/q+1;/p-1/b14-12-,20-18-;. The Labute approximate surface area is 338 Å². The van der Waals surface area contributed by atoms with Gasteiger partial charge in [0.05, 0.1) is 20.8 Å². The molecule has 0 aromatic heterocycles. The molecular weight excluding hydrogens is 719 g/mol. The number of likely N-dealkylation sites (N-methyl/N-ethyl adjacent to an activating group) is 1. The van der Waals surface area contributed by atoms with Crippen LogP contribution in [0.2, 0.25) is 0 Å². The van der Waals surface area contributed by atoms with Gasteiger partial charge in [0.25, 0.3) is 0 Å². The number of aliphatic hydroxyl groups is 1. The van der Waals surface area contributed by atoms with Crippen LogP contribution in [0.1, 0.15) is 194 Å². The van der Waals surface area contributed by atoms with Crippen LogP contribution in [0.15, 0.2) is 24.3 Å². The van der Waals surface area contributed by atoms with E-state index in [0.29, 0.717) is 50.2 Å². The van der Waals surface area contributed by atoms with Crippen LogP contribution in [0.5, 0.6) is 0 Å². The van der Waals surface area contributed by atoms with Crippen molar-refractivity contribution in [3.63, 3.8) is 0 Å². The van der Waals surface area contributed by atoms with E-state index < -0.39 is 10.4 Å². The summed E-state index contributed by atoms with van der Waals surface area (Å²) < 4.78 is 42.6. The fourth-order valence-electron chi connectivity index (χ4n) is 6.20. The Morgan fingerprint density at radius 3 is 1.25 bits per heavy atom. The van der Waals surface area contributed by atoms with E-state index >= 15 is 0 Å². The smallest absolute Gasteiger partial charge is 0.305 e. The molecule has 0 aliphatic heterocycles. The topological polar surface area (TPSA) is 139 Å². The molecule has 0 aromatic carbocycles. The van der Waals surface area contributed by atoms with E-state index in [4.69, 9.17) is 9.47 Å². The molecule has 326 valence electrons. The first-order chi connectivity index (χ1) is 26.5. The highest BCUT2D eigenvalue weighted by Crippen LogP contribution is 2.14. The number of carbonyl (C=O) groups excluding carboxylic acids is 2. The predicted molar refractivity (Wildman–Crippen MR) is 225 cm³/mol. The van der Waals surface area contributed by atoms with Gasteiger partial charge in [0.15, 0.2) is 0 Å². The molecule has 1 unspecified atom stereocenters. The summed E-state index contributed by atoms with van der Waals surface area (Å²) in [6.45, 7) is 6.96. The minimum Gasteiger partial charge on any atom is -0.726 e. The van der Waals surface area contributed by atoms with E-state index in [-0.39, 0.29) is 18.5 Å². The molecule has 0 aromatic rings. The largest absolute Gasteiger partial charge is 0.726 e. The van der Waals surface area contributed by atoms with Crippen molar-refractivity contribution in [1.29, 1.82) is 0 Å². The lowest BCUT2D eigenvalue weighted by Gasteiger charge is -2.33. The van der Waals surface area contributed by atoms with Gasteiger partial charge in [-0.2, -0.15) is 0 Å². The quantitative estimate of drug-likeness (QED) is 0.0161. The molecule has 0 heterocycles. The lowest BCUT2D eigenvalue weighted by Crippen LogP contribution is -2.50. The van der Waals surface area contributed by atoms with Crippen molar-refractivity contribution in [2.75, 3.05) is 53.6 Å². The Kier molecular flexibility index (Phi) is 42.1. The SMILES string of the molecule is CCCCC/C=C\C/C=C\CCCCCCCC(=O)OCC[N+](C)(CCO)CCOC(=O)CCCCCCCCCCCCCCCCC.COS(=O)(=O)[O-]. The molecule has 0 amide bonds. The Bertz CT molecular complexity index is 1020. The molecule has 55 heavy (non-hydrogen) atoms. The fraction of sp³-hybridized carbons (Fsp3) is 0.864. The average Bonchev–Trinajstić information content (AvgIpc) is 3.15. The second-order valence-corrected chi connectivity index (χ2v) is 16.4. The van der Waals surface area contributed by atoms with Crippen LogP contribution in [0.3, 0.4) is 0 Å². The number of unbranched alkanes of at least 4 members (excludes halogenated alkanes) is 22. The molecule has 0 bridgehead atoms. The minimum atomic E-state index is -4.41. The number of hydrogen-bond donors (Lipinski definition) is 1. The number of rotatable bonds is 39. The first kappa shape index (κ1) is 55.3. The summed E-state index contributed by atoms with van der Waals surface area (Å²) in [6, 6.07) is 0. The summed E-state index contributed by atoms with van der Waals surface area (Å²) in [7, 11) is -1.58.